The lowest BCUT2D eigenvalue weighted by atomic mass is 10.1. The van der Waals surface area contributed by atoms with Crippen LogP contribution in [0.25, 0.3) is 0 Å². The van der Waals surface area contributed by atoms with Crippen LogP contribution < -0.4 is 5.32 Å². The summed E-state index contributed by atoms with van der Waals surface area (Å²) in [4.78, 5) is 1.11. The fraction of sp³-hybridized carbons (Fsp3) is 0.600. The summed E-state index contributed by atoms with van der Waals surface area (Å²) in [5.74, 6) is 0.710. The SMILES string of the molecule is CCCNC(C)c1cc(F)c(C)cc1SCCCO. The van der Waals surface area contributed by atoms with Gasteiger partial charge in [0.2, 0.25) is 0 Å². The summed E-state index contributed by atoms with van der Waals surface area (Å²) in [5, 5.41) is 12.2. The normalized spacial score (nSPS) is 12.7. The molecule has 4 heteroatoms. The van der Waals surface area contributed by atoms with Crippen molar-refractivity contribution in [2.45, 2.75) is 44.6 Å². The van der Waals surface area contributed by atoms with Gasteiger partial charge in [0.1, 0.15) is 5.82 Å². The van der Waals surface area contributed by atoms with Crippen LogP contribution in [-0.4, -0.2) is 24.0 Å². The molecule has 0 fully saturated rings. The Kier molecular flexibility index (Phi) is 7.42. The van der Waals surface area contributed by atoms with E-state index in [1.807, 2.05) is 6.07 Å². The van der Waals surface area contributed by atoms with E-state index < -0.39 is 0 Å². The first-order chi connectivity index (χ1) is 9.10. The van der Waals surface area contributed by atoms with Crippen LogP contribution in [0.4, 0.5) is 4.39 Å². The van der Waals surface area contributed by atoms with Gasteiger partial charge in [-0.15, -0.1) is 11.8 Å². The number of aliphatic hydroxyl groups is 1. The quantitative estimate of drug-likeness (QED) is 0.564. The first-order valence-corrected chi connectivity index (χ1v) is 7.85. The van der Waals surface area contributed by atoms with Gasteiger partial charge in [-0.3, -0.25) is 0 Å². The topological polar surface area (TPSA) is 32.3 Å². The van der Waals surface area contributed by atoms with Crippen LogP contribution in [0, 0.1) is 12.7 Å². The van der Waals surface area contributed by atoms with Crippen LogP contribution >= 0.6 is 11.8 Å². The largest absolute Gasteiger partial charge is 0.396 e. The van der Waals surface area contributed by atoms with E-state index >= 15 is 0 Å². The molecule has 0 saturated heterocycles. The van der Waals surface area contributed by atoms with Crippen LogP contribution in [-0.2, 0) is 0 Å². The third kappa shape index (κ3) is 5.13. The van der Waals surface area contributed by atoms with E-state index in [4.69, 9.17) is 5.11 Å². The van der Waals surface area contributed by atoms with Gasteiger partial charge in [-0.05, 0) is 56.5 Å². The maximum atomic E-state index is 13.8. The smallest absolute Gasteiger partial charge is 0.126 e. The number of aliphatic hydroxyl groups excluding tert-OH is 1. The van der Waals surface area contributed by atoms with E-state index in [1.54, 1.807) is 24.8 Å². The molecule has 0 aliphatic rings. The lowest BCUT2D eigenvalue weighted by Gasteiger charge is -2.18. The van der Waals surface area contributed by atoms with Crippen LogP contribution in [0.2, 0.25) is 0 Å². The van der Waals surface area contributed by atoms with Crippen LogP contribution in [0.5, 0.6) is 0 Å². The number of halogens is 1. The van der Waals surface area contributed by atoms with Crippen molar-refractivity contribution < 1.29 is 9.50 Å². The van der Waals surface area contributed by atoms with Gasteiger partial charge in [-0.25, -0.2) is 4.39 Å². The van der Waals surface area contributed by atoms with Gasteiger partial charge in [0.15, 0.2) is 0 Å². The van der Waals surface area contributed by atoms with Crippen molar-refractivity contribution in [3.63, 3.8) is 0 Å². The van der Waals surface area contributed by atoms with Crippen molar-refractivity contribution in [3.8, 4) is 0 Å². The molecule has 0 heterocycles. The standard InChI is InChI=1S/C15H24FNOS/c1-4-6-17-12(3)13-10-14(16)11(2)9-15(13)19-8-5-7-18/h9-10,12,17-18H,4-8H2,1-3H3. The van der Waals surface area contributed by atoms with Crippen LogP contribution in [0.1, 0.15) is 43.9 Å². The first kappa shape index (κ1) is 16.5. The molecular weight excluding hydrogens is 261 g/mol. The second kappa shape index (κ2) is 8.56. The highest BCUT2D eigenvalue weighted by atomic mass is 32.2. The molecule has 0 aliphatic heterocycles. The zero-order valence-electron chi connectivity index (χ0n) is 12.0. The minimum atomic E-state index is -0.147. The molecule has 0 spiro atoms. The van der Waals surface area contributed by atoms with E-state index in [-0.39, 0.29) is 18.5 Å². The second-order valence-electron chi connectivity index (χ2n) is 4.74. The zero-order valence-corrected chi connectivity index (χ0v) is 12.8. The molecule has 0 aliphatic carbocycles. The van der Waals surface area contributed by atoms with Crippen LogP contribution in [0.3, 0.4) is 0 Å². The Hall–Kier alpha value is -0.580. The number of benzene rings is 1. The maximum absolute atomic E-state index is 13.8. The van der Waals surface area contributed by atoms with E-state index in [1.165, 1.54) is 0 Å². The van der Waals surface area contributed by atoms with Gasteiger partial charge in [0.25, 0.3) is 0 Å². The average Bonchev–Trinajstić information content (AvgIpc) is 2.40. The molecule has 0 amide bonds. The number of nitrogens with one attached hydrogen (secondary N) is 1. The monoisotopic (exact) mass is 285 g/mol. The van der Waals surface area contributed by atoms with Crippen molar-refractivity contribution in [1.82, 2.24) is 5.32 Å². The molecule has 2 N–H and O–H groups in total. The Morgan fingerprint density at radius 2 is 2.16 bits per heavy atom. The lowest BCUT2D eigenvalue weighted by Crippen LogP contribution is -2.20. The van der Waals surface area contributed by atoms with E-state index in [0.29, 0.717) is 5.56 Å². The Balaban J connectivity index is 2.88. The molecule has 19 heavy (non-hydrogen) atoms. The Morgan fingerprint density at radius 1 is 1.42 bits per heavy atom. The molecule has 1 aromatic carbocycles. The molecule has 0 radical (unpaired) electrons. The third-order valence-electron chi connectivity index (χ3n) is 3.02. The van der Waals surface area contributed by atoms with Gasteiger partial charge in [0, 0.05) is 23.3 Å². The zero-order chi connectivity index (χ0) is 14.3. The van der Waals surface area contributed by atoms with Crippen molar-refractivity contribution in [2.24, 2.45) is 0 Å². The van der Waals surface area contributed by atoms with Crippen LogP contribution in [0.15, 0.2) is 17.0 Å². The molecular formula is C15H24FNOS. The van der Waals surface area contributed by atoms with Gasteiger partial charge in [-0.1, -0.05) is 6.92 Å². The number of hydrogen-bond donors (Lipinski definition) is 2. The van der Waals surface area contributed by atoms with Crippen molar-refractivity contribution in [1.29, 1.82) is 0 Å². The molecule has 1 unspecified atom stereocenters. The number of aryl methyl sites for hydroxylation is 1. The lowest BCUT2D eigenvalue weighted by molar-refractivity contribution is 0.296. The predicted molar refractivity (Wildman–Crippen MR) is 80.3 cm³/mol. The fourth-order valence-corrected chi connectivity index (χ4v) is 3.01. The summed E-state index contributed by atoms with van der Waals surface area (Å²) >= 11 is 1.69. The highest BCUT2D eigenvalue weighted by Gasteiger charge is 2.13. The molecule has 1 atom stereocenters. The third-order valence-corrected chi connectivity index (χ3v) is 4.18. The molecule has 1 rings (SSSR count). The van der Waals surface area contributed by atoms with E-state index in [0.717, 1.165) is 35.6 Å². The molecule has 1 aromatic rings. The second-order valence-corrected chi connectivity index (χ2v) is 5.88. The minimum absolute atomic E-state index is 0.145. The summed E-state index contributed by atoms with van der Waals surface area (Å²) in [6.45, 7) is 7.10. The number of hydrogen-bond acceptors (Lipinski definition) is 3. The Morgan fingerprint density at radius 3 is 2.79 bits per heavy atom. The minimum Gasteiger partial charge on any atom is -0.396 e. The summed E-state index contributed by atoms with van der Waals surface area (Å²) < 4.78 is 13.8. The van der Waals surface area contributed by atoms with Gasteiger partial charge < -0.3 is 10.4 Å². The van der Waals surface area contributed by atoms with Crippen molar-refractivity contribution >= 4 is 11.8 Å². The molecule has 0 aromatic heterocycles. The predicted octanol–water partition coefficient (Wildman–Crippen LogP) is 3.67. The maximum Gasteiger partial charge on any atom is 0.126 e. The summed E-state index contributed by atoms with van der Waals surface area (Å²) in [6.07, 6.45) is 1.82. The van der Waals surface area contributed by atoms with Crippen molar-refractivity contribution in [2.75, 3.05) is 18.9 Å². The number of thioether (sulfide) groups is 1. The fourth-order valence-electron chi connectivity index (χ4n) is 1.85. The van der Waals surface area contributed by atoms with E-state index in [2.05, 4.69) is 19.2 Å². The summed E-state index contributed by atoms with van der Waals surface area (Å²) in [6, 6.07) is 3.70. The summed E-state index contributed by atoms with van der Waals surface area (Å²) in [7, 11) is 0. The Labute approximate surface area is 119 Å². The molecule has 0 saturated carbocycles. The first-order valence-electron chi connectivity index (χ1n) is 6.87. The van der Waals surface area contributed by atoms with Gasteiger partial charge in [-0.2, -0.15) is 0 Å². The Bertz CT molecular complexity index is 398. The van der Waals surface area contributed by atoms with Gasteiger partial charge >= 0.3 is 0 Å². The molecule has 108 valence electrons. The summed E-state index contributed by atoms with van der Waals surface area (Å²) in [5.41, 5.74) is 1.69. The van der Waals surface area contributed by atoms with Crippen molar-refractivity contribution in [3.05, 3.63) is 29.1 Å². The highest BCUT2D eigenvalue weighted by molar-refractivity contribution is 7.99. The van der Waals surface area contributed by atoms with E-state index in [9.17, 15) is 4.39 Å². The molecule has 2 nitrogen and oxygen atoms in total. The molecule has 0 bridgehead atoms. The average molecular weight is 285 g/mol. The number of rotatable bonds is 8. The highest BCUT2D eigenvalue weighted by Crippen LogP contribution is 2.30. The van der Waals surface area contributed by atoms with Gasteiger partial charge in [0.05, 0.1) is 0 Å².